The van der Waals surface area contributed by atoms with E-state index >= 15 is 0 Å². The van der Waals surface area contributed by atoms with Crippen LogP contribution in [-0.4, -0.2) is 40.1 Å². The first-order valence-corrected chi connectivity index (χ1v) is 11.0. The molecule has 1 aromatic heterocycles. The molecule has 2 aromatic carbocycles. The van der Waals surface area contributed by atoms with E-state index < -0.39 is 0 Å². The molecule has 2 heterocycles. The second-order valence-electron chi connectivity index (χ2n) is 8.55. The minimum atomic E-state index is -0.383. The Hall–Kier alpha value is -2.59. The van der Waals surface area contributed by atoms with Crippen LogP contribution >= 0.6 is 0 Å². The van der Waals surface area contributed by atoms with Crippen molar-refractivity contribution in [2.45, 2.75) is 53.1 Å². The van der Waals surface area contributed by atoms with E-state index in [0.29, 0.717) is 24.6 Å². The van der Waals surface area contributed by atoms with E-state index in [-0.39, 0.29) is 17.4 Å². The Labute approximate surface area is 179 Å². The predicted molar refractivity (Wildman–Crippen MR) is 124 cm³/mol. The van der Waals surface area contributed by atoms with Crippen LogP contribution in [-0.2, 0) is 5.41 Å². The highest BCUT2D eigenvalue weighted by Gasteiger charge is 2.35. The van der Waals surface area contributed by atoms with Crippen LogP contribution in [0.4, 0.5) is 0 Å². The highest BCUT2D eigenvalue weighted by Crippen LogP contribution is 2.42. The first kappa shape index (κ1) is 22.1. The number of carbonyl (C=O) groups excluding carboxylic acids is 1. The summed E-state index contributed by atoms with van der Waals surface area (Å²) >= 11 is 0. The van der Waals surface area contributed by atoms with Crippen LogP contribution in [0.5, 0.6) is 0 Å². The first-order chi connectivity index (χ1) is 14.3. The molecule has 1 saturated heterocycles. The Morgan fingerprint density at radius 3 is 2.33 bits per heavy atom. The Kier molecular flexibility index (Phi) is 6.37. The summed E-state index contributed by atoms with van der Waals surface area (Å²) in [5, 5.41) is 10.6. The molecule has 3 aromatic rings. The molecule has 4 heteroatoms. The summed E-state index contributed by atoms with van der Waals surface area (Å²) in [7, 11) is 0. The monoisotopic (exact) mass is 406 g/mol. The van der Waals surface area contributed by atoms with Crippen LogP contribution in [0.2, 0.25) is 0 Å². The van der Waals surface area contributed by atoms with Crippen molar-refractivity contribution >= 4 is 16.8 Å². The van der Waals surface area contributed by atoms with Crippen LogP contribution in [0.3, 0.4) is 0 Å². The maximum atomic E-state index is 12.6. The van der Waals surface area contributed by atoms with E-state index in [1.54, 1.807) is 4.90 Å². The average molecular weight is 407 g/mol. The van der Waals surface area contributed by atoms with E-state index in [0.717, 1.165) is 10.9 Å². The molecule has 0 saturated carbocycles. The quantitative estimate of drug-likeness (QED) is 0.619. The minimum absolute atomic E-state index is 0.0199. The average Bonchev–Trinajstić information content (AvgIpc) is 3.16. The van der Waals surface area contributed by atoms with Gasteiger partial charge in [0.25, 0.3) is 5.91 Å². The van der Waals surface area contributed by atoms with Gasteiger partial charge >= 0.3 is 0 Å². The Morgan fingerprint density at radius 1 is 1.13 bits per heavy atom. The molecule has 0 radical (unpaired) electrons. The fourth-order valence-electron chi connectivity index (χ4n) is 4.19. The zero-order valence-corrected chi connectivity index (χ0v) is 19.0. The van der Waals surface area contributed by atoms with Crippen molar-refractivity contribution in [3.63, 3.8) is 0 Å². The summed E-state index contributed by atoms with van der Waals surface area (Å²) in [5.74, 6) is 0.381. The number of hydrogen-bond acceptors (Lipinski definition) is 2. The molecular formula is C26H34N2O2. The standard InChI is InChI=1S/C24H28N2O2.C2H6/c1-15(2)24(4,18-8-5-16(3)6-9-18)21-12-25-22-11-17(7-10-20(21)22)23(28)26-13-19(27)14-26;1-2/h5-12,15,19,25,27H,13-14H2,1-4H3;1-2H3. The number of aliphatic hydroxyl groups excluding tert-OH is 1. The molecule has 0 bridgehead atoms. The van der Waals surface area contributed by atoms with Crippen LogP contribution in [0.1, 0.15) is 61.7 Å². The number of likely N-dealkylation sites (tertiary alicyclic amines) is 1. The van der Waals surface area contributed by atoms with Gasteiger partial charge in [-0.3, -0.25) is 4.79 Å². The summed E-state index contributed by atoms with van der Waals surface area (Å²) in [6, 6.07) is 14.7. The highest BCUT2D eigenvalue weighted by atomic mass is 16.3. The van der Waals surface area contributed by atoms with Crippen molar-refractivity contribution < 1.29 is 9.90 Å². The molecule has 4 nitrogen and oxygen atoms in total. The number of nitrogens with zero attached hydrogens (tertiary/aromatic N) is 1. The smallest absolute Gasteiger partial charge is 0.254 e. The predicted octanol–water partition coefficient (Wildman–Crippen LogP) is 5.28. The van der Waals surface area contributed by atoms with Gasteiger partial charge in [0.2, 0.25) is 0 Å². The maximum Gasteiger partial charge on any atom is 0.254 e. The molecule has 1 amide bonds. The molecule has 1 atom stereocenters. The molecule has 30 heavy (non-hydrogen) atoms. The number of nitrogens with one attached hydrogen (secondary N) is 1. The molecule has 1 fully saturated rings. The SMILES string of the molecule is CC.Cc1ccc(C(C)(c2c[nH]c3cc(C(=O)N4CC(O)C4)ccc23)C(C)C)cc1. The number of amides is 1. The third-order valence-electron chi connectivity index (χ3n) is 6.44. The topological polar surface area (TPSA) is 56.3 Å². The number of benzene rings is 2. The Morgan fingerprint density at radius 2 is 1.77 bits per heavy atom. The lowest BCUT2D eigenvalue weighted by Gasteiger charge is -2.36. The van der Waals surface area contributed by atoms with Gasteiger partial charge in [-0.1, -0.05) is 70.5 Å². The Bertz CT molecular complexity index is 1010. The van der Waals surface area contributed by atoms with Gasteiger partial charge in [-0.25, -0.2) is 0 Å². The normalized spacial score (nSPS) is 16.1. The van der Waals surface area contributed by atoms with Crippen molar-refractivity contribution in [3.8, 4) is 0 Å². The summed E-state index contributed by atoms with van der Waals surface area (Å²) < 4.78 is 0. The van der Waals surface area contributed by atoms with Gasteiger partial charge in [0, 0.05) is 41.2 Å². The van der Waals surface area contributed by atoms with Gasteiger partial charge in [0.15, 0.2) is 0 Å². The van der Waals surface area contributed by atoms with Crippen molar-refractivity contribution in [1.29, 1.82) is 0 Å². The summed E-state index contributed by atoms with van der Waals surface area (Å²) in [4.78, 5) is 17.7. The van der Waals surface area contributed by atoms with Gasteiger partial charge in [0.05, 0.1) is 6.10 Å². The fraction of sp³-hybridized carbons (Fsp3) is 0.423. The van der Waals surface area contributed by atoms with Gasteiger partial charge in [0.1, 0.15) is 0 Å². The fourth-order valence-corrected chi connectivity index (χ4v) is 4.19. The number of β-amino-alcohol motifs (C(OH)–C–C–N with tert-alkyl or cyclic N) is 1. The number of rotatable bonds is 4. The van der Waals surface area contributed by atoms with Crippen LogP contribution in [0.25, 0.3) is 10.9 Å². The van der Waals surface area contributed by atoms with E-state index in [4.69, 9.17) is 0 Å². The molecule has 2 N–H and O–H groups in total. The number of hydrogen-bond donors (Lipinski definition) is 2. The maximum absolute atomic E-state index is 12.6. The van der Waals surface area contributed by atoms with E-state index in [1.807, 2.05) is 26.0 Å². The molecule has 0 spiro atoms. The lowest BCUT2D eigenvalue weighted by atomic mass is 9.68. The first-order valence-electron chi connectivity index (χ1n) is 11.0. The second kappa shape index (κ2) is 8.65. The minimum Gasteiger partial charge on any atom is -0.389 e. The lowest BCUT2D eigenvalue weighted by Crippen LogP contribution is -2.53. The highest BCUT2D eigenvalue weighted by molar-refractivity contribution is 5.99. The van der Waals surface area contributed by atoms with Gasteiger partial charge in [-0.2, -0.15) is 0 Å². The van der Waals surface area contributed by atoms with Crippen LogP contribution < -0.4 is 0 Å². The van der Waals surface area contributed by atoms with Crippen molar-refractivity contribution in [3.05, 3.63) is 70.9 Å². The largest absolute Gasteiger partial charge is 0.389 e. The van der Waals surface area contributed by atoms with Crippen LogP contribution in [0.15, 0.2) is 48.7 Å². The lowest BCUT2D eigenvalue weighted by molar-refractivity contribution is 0.00590. The van der Waals surface area contributed by atoms with Crippen molar-refractivity contribution in [1.82, 2.24) is 9.88 Å². The van der Waals surface area contributed by atoms with Gasteiger partial charge in [-0.05, 0) is 36.1 Å². The summed E-state index contributed by atoms with van der Waals surface area (Å²) in [5.41, 5.74) is 5.30. The number of aromatic amines is 1. The van der Waals surface area contributed by atoms with Gasteiger partial charge < -0.3 is 15.0 Å². The summed E-state index contributed by atoms with van der Waals surface area (Å²) in [6.07, 6.45) is 1.71. The van der Waals surface area contributed by atoms with Crippen molar-refractivity contribution in [2.24, 2.45) is 5.92 Å². The van der Waals surface area contributed by atoms with Gasteiger partial charge in [-0.15, -0.1) is 0 Å². The summed E-state index contributed by atoms with van der Waals surface area (Å²) in [6.45, 7) is 13.8. The molecular weight excluding hydrogens is 372 g/mol. The molecule has 160 valence electrons. The van der Waals surface area contributed by atoms with Crippen molar-refractivity contribution in [2.75, 3.05) is 13.1 Å². The van der Waals surface area contributed by atoms with Crippen LogP contribution in [0, 0.1) is 12.8 Å². The molecule has 0 aliphatic carbocycles. The zero-order chi connectivity index (χ0) is 22.1. The number of aromatic nitrogens is 1. The molecule has 1 aliphatic heterocycles. The third-order valence-corrected chi connectivity index (χ3v) is 6.44. The van der Waals surface area contributed by atoms with E-state index in [9.17, 15) is 9.90 Å². The molecule has 4 rings (SSSR count). The third kappa shape index (κ3) is 3.77. The number of carbonyl (C=O) groups is 1. The Balaban J connectivity index is 0.00000124. The number of H-pyrrole nitrogens is 1. The second-order valence-corrected chi connectivity index (χ2v) is 8.55. The molecule has 1 aliphatic rings. The number of fused-ring (bicyclic) bond motifs is 1. The van der Waals surface area contributed by atoms with E-state index in [2.05, 4.69) is 69.2 Å². The van der Waals surface area contributed by atoms with E-state index in [1.165, 1.54) is 16.7 Å². The number of aryl methyl sites for hydroxylation is 1. The number of aliphatic hydroxyl groups is 1. The molecule has 1 unspecified atom stereocenters. The zero-order valence-electron chi connectivity index (χ0n) is 19.0.